The third-order valence-corrected chi connectivity index (χ3v) is 1.35. The molecule has 13 heavy (non-hydrogen) atoms. The first-order valence-corrected chi connectivity index (χ1v) is 3.68. The molecule has 0 aliphatic heterocycles. The molecule has 0 aliphatic carbocycles. The summed E-state index contributed by atoms with van der Waals surface area (Å²) in [5.41, 5.74) is 5.50. The van der Waals surface area contributed by atoms with Gasteiger partial charge in [0.1, 0.15) is 0 Å². The largest absolute Gasteiger partial charge is 0.423 e. The highest BCUT2D eigenvalue weighted by Crippen LogP contribution is 2.04. The fourth-order valence-electron chi connectivity index (χ4n) is 0.803. The smallest absolute Gasteiger partial charge is 0.308 e. The van der Waals surface area contributed by atoms with Crippen LogP contribution in [0.25, 0.3) is 0 Å². The zero-order chi connectivity index (χ0) is 9.84. The molecule has 0 fully saturated rings. The fraction of sp³-hybridized carbons (Fsp3) is 0.111. The van der Waals surface area contributed by atoms with Crippen molar-refractivity contribution in [2.75, 3.05) is 5.73 Å². The van der Waals surface area contributed by atoms with Crippen molar-refractivity contribution in [1.29, 1.82) is 0 Å². The van der Waals surface area contributed by atoms with Gasteiger partial charge in [-0.1, -0.05) is 0 Å². The van der Waals surface area contributed by atoms with Crippen molar-refractivity contribution in [3.8, 4) is 5.75 Å². The number of carbonyl (C=O) groups excluding carboxylic acids is 1. The molecule has 0 radical (unpaired) electrons. The van der Waals surface area contributed by atoms with Crippen LogP contribution in [0.4, 0.5) is 5.69 Å². The lowest BCUT2D eigenvalue weighted by atomic mass is 10.4. The summed E-state index contributed by atoms with van der Waals surface area (Å²) in [7, 11) is 0. The molecule has 0 amide bonds. The Hall–Kier alpha value is -1.84. The van der Waals surface area contributed by atoms with Crippen molar-refractivity contribution < 1.29 is 9.53 Å². The van der Waals surface area contributed by atoms with Gasteiger partial charge in [-0.15, -0.1) is 0 Å². The molecule has 0 saturated heterocycles. The Labute approximate surface area is 74.9 Å². The number of ether oxygens (including phenoxy) is 1. The Morgan fingerprint density at radius 2 is 1.92 bits per heavy atom. The summed E-state index contributed by atoms with van der Waals surface area (Å²) in [6.45, 7) is 1.23. The summed E-state index contributed by atoms with van der Waals surface area (Å²) in [4.78, 5) is 21.7. The van der Waals surface area contributed by atoms with E-state index in [-0.39, 0.29) is 11.2 Å². The molecule has 0 aliphatic rings. The van der Waals surface area contributed by atoms with Crippen LogP contribution in [0.2, 0.25) is 0 Å². The minimum Gasteiger partial charge on any atom is -0.423 e. The van der Waals surface area contributed by atoms with E-state index in [1.165, 1.54) is 31.2 Å². The fourth-order valence-corrected chi connectivity index (χ4v) is 0.803. The van der Waals surface area contributed by atoms with Crippen LogP contribution in [-0.2, 0) is 4.79 Å². The predicted octanol–water partition coefficient (Wildman–Crippen LogP) is 0.554. The van der Waals surface area contributed by atoms with Gasteiger partial charge >= 0.3 is 5.97 Å². The van der Waals surface area contributed by atoms with E-state index in [4.69, 9.17) is 5.73 Å². The minimum absolute atomic E-state index is 0.01000. The van der Waals surface area contributed by atoms with Crippen LogP contribution in [0.1, 0.15) is 6.92 Å². The van der Waals surface area contributed by atoms with Gasteiger partial charge in [-0.3, -0.25) is 9.59 Å². The first-order valence-electron chi connectivity index (χ1n) is 3.68. The SMILES string of the molecule is CC(=O)Oc1ccc(N)ccc1=O. The van der Waals surface area contributed by atoms with Crippen LogP contribution in [-0.4, -0.2) is 5.97 Å². The van der Waals surface area contributed by atoms with E-state index in [9.17, 15) is 9.59 Å². The van der Waals surface area contributed by atoms with Gasteiger partial charge in [0, 0.05) is 12.6 Å². The number of carbonyl (C=O) groups is 1. The van der Waals surface area contributed by atoms with Crippen molar-refractivity contribution in [1.82, 2.24) is 0 Å². The Kier molecular flexibility index (Phi) is 2.64. The zero-order valence-corrected chi connectivity index (χ0v) is 7.11. The van der Waals surface area contributed by atoms with Crippen molar-refractivity contribution in [3.05, 3.63) is 34.5 Å². The second kappa shape index (κ2) is 3.71. The highest BCUT2D eigenvalue weighted by Gasteiger charge is 2.00. The van der Waals surface area contributed by atoms with Crippen molar-refractivity contribution >= 4 is 11.7 Å². The maximum atomic E-state index is 11.2. The molecule has 68 valence electrons. The molecule has 0 heterocycles. The van der Waals surface area contributed by atoms with E-state index in [1.807, 2.05) is 0 Å². The van der Waals surface area contributed by atoms with E-state index < -0.39 is 5.97 Å². The van der Waals surface area contributed by atoms with Gasteiger partial charge in [-0.05, 0) is 24.3 Å². The topological polar surface area (TPSA) is 69.4 Å². The van der Waals surface area contributed by atoms with Gasteiger partial charge in [-0.25, -0.2) is 0 Å². The normalized spacial score (nSPS) is 9.31. The first kappa shape index (κ1) is 9.25. The molecule has 4 nitrogen and oxygen atoms in total. The van der Waals surface area contributed by atoms with E-state index >= 15 is 0 Å². The molecule has 0 spiro atoms. The number of rotatable bonds is 1. The zero-order valence-electron chi connectivity index (χ0n) is 7.11. The summed E-state index contributed by atoms with van der Waals surface area (Å²) in [6, 6.07) is 5.58. The third kappa shape index (κ3) is 2.59. The molecule has 0 atom stereocenters. The number of esters is 1. The quantitative estimate of drug-likeness (QED) is 0.639. The highest BCUT2D eigenvalue weighted by atomic mass is 16.5. The summed E-state index contributed by atoms with van der Waals surface area (Å²) in [5, 5.41) is 0. The summed E-state index contributed by atoms with van der Waals surface area (Å²) in [5.74, 6) is -0.536. The van der Waals surface area contributed by atoms with Gasteiger partial charge in [0.05, 0.1) is 0 Å². The monoisotopic (exact) mass is 179 g/mol. The second-order valence-electron chi connectivity index (χ2n) is 2.49. The van der Waals surface area contributed by atoms with E-state index in [0.29, 0.717) is 5.69 Å². The molecule has 1 aromatic carbocycles. The van der Waals surface area contributed by atoms with Gasteiger partial charge in [0.2, 0.25) is 5.43 Å². The molecule has 4 heteroatoms. The molecule has 0 saturated carbocycles. The lowest BCUT2D eigenvalue weighted by molar-refractivity contribution is -0.131. The molecule has 1 rings (SSSR count). The van der Waals surface area contributed by atoms with Crippen LogP contribution in [0.5, 0.6) is 5.75 Å². The lowest BCUT2D eigenvalue weighted by Crippen LogP contribution is -2.08. The third-order valence-electron chi connectivity index (χ3n) is 1.35. The van der Waals surface area contributed by atoms with Crippen molar-refractivity contribution in [3.63, 3.8) is 0 Å². The molecule has 1 aromatic rings. The molecule has 0 aromatic heterocycles. The molecule has 0 bridgehead atoms. The van der Waals surface area contributed by atoms with Crippen LogP contribution in [0.15, 0.2) is 29.1 Å². The van der Waals surface area contributed by atoms with Crippen molar-refractivity contribution in [2.24, 2.45) is 0 Å². The Balaban J connectivity index is 3.17. The van der Waals surface area contributed by atoms with Crippen molar-refractivity contribution in [2.45, 2.75) is 6.92 Å². The van der Waals surface area contributed by atoms with E-state index in [1.54, 1.807) is 0 Å². The average molecular weight is 179 g/mol. The highest BCUT2D eigenvalue weighted by molar-refractivity contribution is 5.69. The number of nitrogens with two attached hydrogens (primary N) is 1. The molecular formula is C9H9NO3. The van der Waals surface area contributed by atoms with E-state index in [2.05, 4.69) is 4.74 Å². The number of nitrogen functional groups attached to an aromatic ring is 1. The van der Waals surface area contributed by atoms with Crippen LogP contribution in [0, 0.1) is 0 Å². The van der Waals surface area contributed by atoms with Crippen LogP contribution in [0.3, 0.4) is 0 Å². The maximum Gasteiger partial charge on any atom is 0.308 e. The predicted molar refractivity (Wildman–Crippen MR) is 48.4 cm³/mol. The number of hydrogen-bond donors (Lipinski definition) is 1. The standard InChI is InChI=1S/C9H9NO3/c1-6(11)13-9-5-3-7(10)2-4-8(9)12/h2-5H,10H2,1H3. The second-order valence-corrected chi connectivity index (χ2v) is 2.49. The summed E-state index contributed by atoms with van der Waals surface area (Å²) >= 11 is 0. The first-order chi connectivity index (χ1) is 6.09. The van der Waals surface area contributed by atoms with Gasteiger partial charge in [0.25, 0.3) is 0 Å². The Morgan fingerprint density at radius 1 is 1.31 bits per heavy atom. The van der Waals surface area contributed by atoms with Gasteiger partial charge in [-0.2, -0.15) is 0 Å². The summed E-state index contributed by atoms with van der Waals surface area (Å²) in [6.07, 6.45) is 0. The van der Waals surface area contributed by atoms with Crippen LogP contribution >= 0.6 is 0 Å². The van der Waals surface area contributed by atoms with Gasteiger partial charge < -0.3 is 10.5 Å². The maximum absolute atomic E-state index is 11.2. The Bertz CT molecular complexity index is 387. The Morgan fingerprint density at radius 3 is 2.54 bits per heavy atom. The van der Waals surface area contributed by atoms with Gasteiger partial charge in [0.15, 0.2) is 5.75 Å². The minimum atomic E-state index is -0.526. The van der Waals surface area contributed by atoms with Crippen LogP contribution < -0.4 is 15.9 Å². The lowest BCUT2D eigenvalue weighted by Gasteiger charge is -1.94. The molecule has 2 N–H and O–H groups in total. The molecular weight excluding hydrogens is 170 g/mol. The van der Waals surface area contributed by atoms with E-state index in [0.717, 1.165) is 0 Å². The molecule has 0 unspecified atom stereocenters. The summed E-state index contributed by atoms with van der Waals surface area (Å²) < 4.78 is 4.65. The average Bonchev–Trinajstić information content (AvgIpc) is 2.19. The number of anilines is 1. The number of hydrogen-bond acceptors (Lipinski definition) is 4.